The van der Waals surface area contributed by atoms with Gasteiger partial charge in [-0.25, -0.2) is 4.68 Å². The van der Waals surface area contributed by atoms with E-state index in [4.69, 9.17) is 4.74 Å². The lowest BCUT2D eigenvalue weighted by Crippen LogP contribution is -2.24. The Labute approximate surface area is 105 Å². The molecule has 1 aromatic rings. The first-order valence-electron chi connectivity index (χ1n) is 5.34. The first-order valence-corrected chi connectivity index (χ1v) is 6.14. The highest BCUT2D eigenvalue weighted by Crippen LogP contribution is 2.39. The molecule has 0 saturated carbocycles. The third-order valence-corrected chi connectivity index (χ3v) is 3.66. The molecule has 7 heteroatoms. The first-order chi connectivity index (χ1) is 7.91. The van der Waals surface area contributed by atoms with Crippen LogP contribution in [0.3, 0.4) is 0 Å². The van der Waals surface area contributed by atoms with E-state index in [1.807, 2.05) is 0 Å². The van der Waals surface area contributed by atoms with Gasteiger partial charge in [-0.2, -0.15) is 18.3 Å². The summed E-state index contributed by atoms with van der Waals surface area (Å²) in [6, 6.07) is 0. The van der Waals surface area contributed by atoms with Crippen LogP contribution in [0.25, 0.3) is 0 Å². The molecule has 96 valence electrons. The molecule has 0 spiro atoms. The molecule has 0 amide bonds. The molecule has 0 aromatic carbocycles. The molecule has 2 rings (SSSR count). The number of halogens is 4. The minimum Gasteiger partial charge on any atom is -0.356 e. The minimum atomic E-state index is -4.43. The standard InChI is InChI=1S/C10H12BrF3N2O/c1-6-8(11)9(10(12,13)14)16(15-6)7-4-2-3-5-17-7/h7H,2-5H2,1H3. The second-order valence-corrected chi connectivity index (χ2v) is 4.80. The Hall–Kier alpha value is -0.560. The van der Waals surface area contributed by atoms with Crippen LogP contribution < -0.4 is 0 Å². The molecule has 0 N–H and O–H groups in total. The van der Waals surface area contributed by atoms with Crippen LogP contribution in [0, 0.1) is 6.92 Å². The van der Waals surface area contributed by atoms with E-state index in [0.717, 1.165) is 17.5 Å². The van der Waals surface area contributed by atoms with Crippen molar-refractivity contribution >= 4 is 15.9 Å². The number of aryl methyl sites for hydroxylation is 1. The number of nitrogens with zero attached hydrogens (tertiary/aromatic N) is 2. The van der Waals surface area contributed by atoms with Crippen molar-refractivity contribution in [3.63, 3.8) is 0 Å². The van der Waals surface area contributed by atoms with Crippen LogP contribution in [-0.2, 0) is 10.9 Å². The highest BCUT2D eigenvalue weighted by molar-refractivity contribution is 9.10. The number of hydrogen-bond donors (Lipinski definition) is 0. The van der Waals surface area contributed by atoms with Gasteiger partial charge >= 0.3 is 6.18 Å². The maximum atomic E-state index is 12.9. The summed E-state index contributed by atoms with van der Waals surface area (Å²) in [5, 5.41) is 3.93. The van der Waals surface area contributed by atoms with Crippen molar-refractivity contribution in [3.8, 4) is 0 Å². The SMILES string of the molecule is Cc1nn(C2CCCCO2)c(C(F)(F)F)c1Br. The maximum absolute atomic E-state index is 12.9. The minimum absolute atomic E-state index is 0.000765. The van der Waals surface area contributed by atoms with Gasteiger partial charge < -0.3 is 4.74 Å². The Balaban J connectivity index is 2.42. The second-order valence-electron chi connectivity index (χ2n) is 4.01. The van der Waals surface area contributed by atoms with Crippen molar-refractivity contribution in [3.05, 3.63) is 15.9 Å². The fourth-order valence-electron chi connectivity index (χ4n) is 1.91. The summed E-state index contributed by atoms with van der Waals surface area (Å²) in [6.45, 7) is 2.02. The van der Waals surface area contributed by atoms with Crippen molar-refractivity contribution in [1.29, 1.82) is 0 Å². The first kappa shape index (κ1) is 12.9. The highest BCUT2D eigenvalue weighted by atomic mass is 79.9. The van der Waals surface area contributed by atoms with Crippen molar-refractivity contribution in [2.45, 2.75) is 38.6 Å². The second kappa shape index (κ2) is 4.61. The molecule has 1 aliphatic heterocycles. The van der Waals surface area contributed by atoms with Gasteiger partial charge in [0, 0.05) is 6.61 Å². The lowest BCUT2D eigenvalue weighted by Gasteiger charge is -2.25. The van der Waals surface area contributed by atoms with Gasteiger partial charge in [-0.15, -0.1) is 0 Å². The van der Waals surface area contributed by atoms with Crippen LogP contribution in [0.1, 0.15) is 36.9 Å². The van der Waals surface area contributed by atoms with E-state index in [1.54, 1.807) is 6.92 Å². The monoisotopic (exact) mass is 312 g/mol. The molecular formula is C10H12BrF3N2O. The fourth-order valence-corrected chi connectivity index (χ4v) is 2.39. The van der Waals surface area contributed by atoms with E-state index in [1.165, 1.54) is 0 Å². The van der Waals surface area contributed by atoms with Gasteiger partial charge in [0.2, 0.25) is 0 Å². The van der Waals surface area contributed by atoms with Crippen LogP contribution in [0.5, 0.6) is 0 Å². The average molecular weight is 313 g/mol. The molecule has 1 saturated heterocycles. The molecular weight excluding hydrogens is 301 g/mol. The summed E-state index contributed by atoms with van der Waals surface area (Å²) in [4.78, 5) is 0. The third-order valence-electron chi connectivity index (χ3n) is 2.71. The van der Waals surface area contributed by atoms with Gasteiger partial charge in [0.05, 0.1) is 10.2 Å². The van der Waals surface area contributed by atoms with Gasteiger partial charge in [-0.1, -0.05) is 0 Å². The number of hydrogen-bond acceptors (Lipinski definition) is 2. The zero-order valence-corrected chi connectivity index (χ0v) is 10.8. The van der Waals surface area contributed by atoms with Crippen molar-refractivity contribution in [2.75, 3.05) is 6.61 Å². The van der Waals surface area contributed by atoms with E-state index in [2.05, 4.69) is 21.0 Å². The van der Waals surface area contributed by atoms with E-state index in [-0.39, 0.29) is 4.47 Å². The van der Waals surface area contributed by atoms with Gasteiger partial charge in [0.1, 0.15) is 0 Å². The average Bonchev–Trinajstić information content (AvgIpc) is 2.56. The van der Waals surface area contributed by atoms with Crippen LogP contribution in [-0.4, -0.2) is 16.4 Å². The van der Waals surface area contributed by atoms with Gasteiger partial charge in [-0.3, -0.25) is 0 Å². The van der Waals surface area contributed by atoms with E-state index >= 15 is 0 Å². The summed E-state index contributed by atoms with van der Waals surface area (Å²) in [7, 11) is 0. The van der Waals surface area contributed by atoms with Crippen molar-refractivity contribution in [1.82, 2.24) is 9.78 Å². The summed E-state index contributed by atoms with van der Waals surface area (Å²) in [5.41, 5.74) is -0.437. The van der Waals surface area contributed by atoms with E-state index in [9.17, 15) is 13.2 Å². The number of aromatic nitrogens is 2. The topological polar surface area (TPSA) is 27.1 Å². The third kappa shape index (κ3) is 2.49. The Bertz CT molecular complexity index is 410. The molecule has 17 heavy (non-hydrogen) atoms. The molecule has 1 aromatic heterocycles. The lowest BCUT2D eigenvalue weighted by atomic mass is 10.2. The zero-order chi connectivity index (χ0) is 12.6. The molecule has 1 unspecified atom stereocenters. The molecule has 1 atom stereocenters. The van der Waals surface area contributed by atoms with E-state index in [0.29, 0.717) is 18.7 Å². The van der Waals surface area contributed by atoms with Crippen LogP contribution in [0.15, 0.2) is 4.47 Å². The quantitative estimate of drug-likeness (QED) is 0.791. The fraction of sp³-hybridized carbons (Fsp3) is 0.700. The molecule has 1 fully saturated rings. The van der Waals surface area contributed by atoms with E-state index < -0.39 is 18.1 Å². The Morgan fingerprint density at radius 1 is 1.41 bits per heavy atom. The molecule has 1 aliphatic rings. The molecule has 3 nitrogen and oxygen atoms in total. The van der Waals surface area contributed by atoms with Gasteiger partial charge in [0.25, 0.3) is 0 Å². The normalized spacial score (nSPS) is 21.8. The summed E-state index contributed by atoms with van der Waals surface area (Å²) < 4.78 is 45.1. The maximum Gasteiger partial charge on any atom is 0.434 e. The zero-order valence-electron chi connectivity index (χ0n) is 9.22. The molecule has 0 aliphatic carbocycles. The number of alkyl halides is 3. The van der Waals surface area contributed by atoms with Gasteiger partial charge in [0.15, 0.2) is 11.9 Å². The molecule has 0 radical (unpaired) electrons. The van der Waals surface area contributed by atoms with Crippen molar-refractivity contribution in [2.24, 2.45) is 0 Å². The molecule has 2 heterocycles. The summed E-state index contributed by atoms with van der Waals surface area (Å²) in [6.07, 6.45) is -2.72. The Kier molecular flexibility index (Phi) is 3.49. The van der Waals surface area contributed by atoms with Crippen LogP contribution >= 0.6 is 15.9 Å². The predicted molar refractivity (Wildman–Crippen MR) is 58.5 cm³/mol. The summed E-state index contributed by atoms with van der Waals surface area (Å²) in [5.74, 6) is 0. The lowest BCUT2D eigenvalue weighted by molar-refractivity contribution is -0.152. The predicted octanol–water partition coefficient (Wildman–Crippen LogP) is 3.67. The number of ether oxygens (including phenoxy) is 1. The highest BCUT2D eigenvalue weighted by Gasteiger charge is 2.40. The smallest absolute Gasteiger partial charge is 0.356 e. The Morgan fingerprint density at radius 2 is 2.12 bits per heavy atom. The van der Waals surface area contributed by atoms with Crippen LogP contribution in [0.2, 0.25) is 0 Å². The summed E-state index contributed by atoms with van der Waals surface area (Å²) >= 11 is 2.94. The van der Waals surface area contributed by atoms with Gasteiger partial charge in [-0.05, 0) is 42.1 Å². The van der Waals surface area contributed by atoms with Crippen molar-refractivity contribution < 1.29 is 17.9 Å². The molecule has 0 bridgehead atoms. The van der Waals surface area contributed by atoms with Crippen LogP contribution in [0.4, 0.5) is 13.2 Å². The Morgan fingerprint density at radius 3 is 2.65 bits per heavy atom. The number of rotatable bonds is 1. The largest absolute Gasteiger partial charge is 0.434 e.